The molecule has 1 N–H and O–H groups in total. The lowest BCUT2D eigenvalue weighted by Crippen LogP contribution is -2.26. The minimum absolute atomic E-state index is 0.0900. The van der Waals surface area contributed by atoms with Crippen LogP contribution >= 0.6 is 0 Å². The van der Waals surface area contributed by atoms with E-state index in [2.05, 4.69) is 4.72 Å². The highest BCUT2D eigenvalue weighted by atomic mass is 32.2. The second-order valence-corrected chi connectivity index (χ2v) is 7.64. The van der Waals surface area contributed by atoms with Gasteiger partial charge >= 0.3 is 0 Å². The maximum atomic E-state index is 12.7. The van der Waals surface area contributed by atoms with Crippen LogP contribution < -0.4 is 24.0 Å². The smallest absolute Gasteiger partial charge is 0.244 e. The molecule has 0 saturated heterocycles. The van der Waals surface area contributed by atoms with Gasteiger partial charge in [0.2, 0.25) is 10.0 Å². The lowest BCUT2D eigenvalue weighted by Gasteiger charge is -2.12. The molecule has 156 valence electrons. The largest absolute Gasteiger partial charge is 0.545 e. The number of carbonyl (C=O) groups excluding carboxylic acids is 1. The molecule has 9 heteroatoms. The van der Waals surface area contributed by atoms with E-state index in [-0.39, 0.29) is 17.2 Å². The number of hydrogen-bond acceptors (Lipinski definition) is 7. The second-order valence-electron chi connectivity index (χ2n) is 5.90. The lowest BCUT2D eigenvalue weighted by atomic mass is 10.1. The fraction of sp³-hybridized carbons (Fsp3) is 0.250. The Morgan fingerprint density at radius 3 is 2.28 bits per heavy atom. The summed E-state index contributed by atoms with van der Waals surface area (Å²) in [4.78, 5) is 10.5. The predicted molar refractivity (Wildman–Crippen MR) is 105 cm³/mol. The number of aliphatic carboxylic acids is 1. The summed E-state index contributed by atoms with van der Waals surface area (Å²) in [5.41, 5.74) is 1.25. The molecule has 29 heavy (non-hydrogen) atoms. The summed E-state index contributed by atoms with van der Waals surface area (Å²) in [5, 5.41) is 10.6. The molecule has 2 aromatic carbocycles. The number of carbonyl (C=O) groups is 1. The third kappa shape index (κ3) is 5.97. The quantitative estimate of drug-likeness (QED) is 0.570. The van der Waals surface area contributed by atoms with Gasteiger partial charge in [0, 0.05) is 6.54 Å². The van der Waals surface area contributed by atoms with E-state index in [0.717, 1.165) is 11.6 Å². The molecule has 0 spiro atoms. The Hall–Kier alpha value is -3.04. The summed E-state index contributed by atoms with van der Waals surface area (Å²) in [5.74, 6) is -0.0857. The summed E-state index contributed by atoms with van der Waals surface area (Å²) in [6.45, 7) is 0.139. The van der Waals surface area contributed by atoms with Crippen LogP contribution in [0.2, 0.25) is 0 Å². The van der Waals surface area contributed by atoms with Crippen molar-refractivity contribution in [1.29, 1.82) is 0 Å². The predicted octanol–water partition coefficient (Wildman–Crippen LogP) is 0.996. The highest BCUT2D eigenvalue weighted by Crippen LogP contribution is 2.28. The zero-order valence-electron chi connectivity index (χ0n) is 16.3. The Morgan fingerprint density at radius 2 is 1.66 bits per heavy atom. The van der Waals surface area contributed by atoms with Gasteiger partial charge in [0.1, 0.15) is 10.6 Å². The van der Waals surface area contributed by atoms with E-state index in [1.54, 1.807) is 18.2 Å². The van der Waals surface area contributed by atoms with Crippen molar-refractivity contribution in [3.63, 3.8) is 0 Å². The van der Waals surface area contributed by atoms with Crippen molar-refractivity contribution in [3.8, 4) is 17.2 Å². The van der Waals surface area contributed by atoms with Gasteiger partial charge in [-0.2, -0.15) is 0 Å². The average molecular weight is 420 g/mol. The molecule has 0 unspecified atom stereocenters. The van der Waals surface area contributed by atoms with Gasteiger partial charge in [-0.3, -0.25) is 0 Å². The van der Waals surface area contributed by atoms with Crippen molar-refractivity contribution in [1.82, 2.24) is 4.72 Å². The first-order chi connectivity index (χ1) is 13.8. The van der Waals surface area contributed by atoms with Crippen LogP contribution in [0, 0.1) is 0 Å². The zero-order chi connectivity index (χ0) is 21.4. The molecule has 0 amide bonds. The molecule has 8 nitrogen and oxygen atoms in total. The summed E-state index contributed by atoms with van der Waals surface area (Å²) in [6, 6.07) is 9.68. The number of carboxylic acid groups (broad SMARTS) is 1. The number of benzene rings is 2. The molecule has 0 saturated carbocycles. The number of rotatable bonds is 10. The molecule has 0 bridgehead atoms. The van der Waals surface area contributed by atoms with E-state index >= 15 is 0 Å². The van der Waals surface area contributed by atoms with E-state index in [0.29, 0.717) is 23.5 Å². The van der Waals surface area contributed by atoms with Gasteiger partial charge in [-0.15, -0.1) is 0 Å². The highest BCUT2D eigenvalue weighted by Gasteiger charge is 2.19. The molecule has 0 heterocycles. The van der Waals surface area contributed by atoms with Crippen LogP contribution in [0.15, 0.2) is 47.4 Å². The molecule has 0 atom stereocenters. The monoisotopic (exact) mass is 420 g/mol. The van der Waals surface area contributed by atoms with Gasteiger partial charge in [-0.1, -0.05) is 18.2 Å². The third-order valence-corrected chi connectivity index (χ3v) is 5.53. The van der Waals surface area contributed by atoms with Gasteiger partial charge in [0.25, 0.3) is 0 Å². The minimum atomic E-state index is -3.89. The number of hydrogen-bond donors (Lipinski definition) is 1. The molecular formula is C20H22NO7S-. The van der Waals surface area contributed by atoms with Gasteiger partial charge in [-0.05, 0) is 47.9 Å². The van der Waals surface area contributed by atoms with E-state index in [9.17, 15) is 18.3 Å². The Balaban J connectivity index is 2.16. The SMILES string of the molecule is COc1ccc(CCNS(=O)(=O)c2cc(/C=C/C(=O)[O-])ccc2OC)cc1OC. The number of methoxy groups -OCH3 is 3. The zero-order valence-corrected chi connectivity index (χ0v) is 17.1. The first kappa shape index (κ1) is 22.3. The van der Waals surface area contributed by atoms with Gasteiger partial charge in [0.15, 0.2) is 11.5 Å². The molecule has 0 aliphatic rings. The van der Waals surface area contributed by atoms with Crippen molar-refractivity contribution in [2.24, 2.45) is 0 Å². The highest BCUT2D eigenvalue weighted by molar-refractivity contribution is 7.89. The number of carboxylic acids is 1. The molecule has 0 fully saturated rings. The fourth-order valence-corrected chi connectivity index (χ4v) is 3.85. The van der Waals surface area contributed by atoms with E-state index in [1.807, 2.05) is 6.07 Å². The fourth-order valence-electron chi connectivity index (χ4n) is 2.61. The van der Waals surface area contributed by atoms with E-state index in [4.69, 9.17) is 14.2 Å². The summed E-state index contributed by atoms with van der Waals surface area (Å²) in [7, 11) is 0.528. The maximum absolute atomic E-state index is 12.7. The molecule has 0 aliphatic carbocycles. The van der Waals surface area contributed by atoms with Crippen LogP contribution in [0.5, 0.6) is 17.2 Å². The van der Waals surface area contributed by atoms with Crippen molar-refractivity contribution in [2.75, 3.05) is 27.9 Å². The van der Waals surface area contributed by atoms with Gasteiger partial charge in [0.05, 0.1) is 27.3 Å². The normalized spacial score (nSPS) is 11.4. The molecule has 0 aromatic heterocycles. The van der Waals surface area contributed by atoms with Crippen LogP contribution in [-0.4, -0.2) is 42.3 Å². The van der Waals surface area contributed by atoms with Crippen molar-refractivity contribution in [2.45, 2.75) is 11.3 Å². The topological polar surface area (TPSA) is 114 Å². The van der Waals surface area contributed by atoms with Crippen LogP contribution in [0.1, 0.15) is 11.1 Å². The molecular weight excluding hydrogens is 398 g/mol. The minimum Gasteiger partial charge on any atom is -0.545 e. The number of sulfonamides is 1. The van der Waals surface area contributed by atoms with Crippen molar-refractivity contribution >= 4 is 22.1 Å². The van der Waals surface area contributed by atoms with Gasteiger partial charge < -0.3 is 24.1 Å². The van der Waals surface area contributed by atoms with Crippen LogP contribution in [0.3, 0.4) is 0 Å². The summed E-state index contributed by atoms with van der Waals surface area (Å²) < 4.78 is 43.5. The molecule has 0 radical (unpaired) electrons. The number of ether oxygens (including phenoxy) is 3. The first-order valence-electron chi connectivity index (χ1n) is 8.58. The Morgan fingerprint density at radius 1 is 1.00 bits per heavy atom. The Bertz CT molecular complexity index is 1000. The third-order valence-electron chi connectivity index (χ3n) is 4.04. The molecule has 2 rings (SSSR count). The summed E-state index contributed by atoms with van der Waals surface area (Å²) in [6.07, 6.45) is 2.49. The summed E-state index contributed by atoms with van der Waals surface area (Å²) >= 11 is 0. The van der Waals surface area contributed by atoms with E-state index < -0.39 is 16.0 Å². The van der Waals surface area contributed by atoms with Crippen LogP contribution in [-0.2, 0) is 21.2 Å². The number of nitrogens with one attached hydrogen (secondary N) is 1. The Labute approximate surface area is 169 Å². The molecule has 2 aromatic rings. The standard InChI is InChI=1S/C20H23NO7S/c1-26-16-7-4-15(12-18(16)28-3)10-11-21-29(24,25)19-13-14(6-9-20(22)23)5-8-17(19)27-2/h4-9,12-13,21H,10-11H2,1-3H3,(H,22,23)/p-1/b9-6+. The van der Waals surface area contributed by atoms with Crippen LogP contribution in [0.25, 0.3) is 6.08 Å². The van der Waals surface area contributed by atoms with Crippen molar-refractivity contribution in [3.05, 3.63) is 53.6 Å². The van der Waals surface area contributed by atoms with Crippen LogP contribution in [0.4, 0.5) is 0 Å². The van der Waals surface area contributed by atoms with E-state index in [1.165, 1.54) is 39.5 Å². The second kappa shape index (κ2) is 9.94. The molecule has 0 aliphatic heterocycles. The average Bonchev–Trinajstić information content (AvgIpc) is 2.71. The lowest BCUT2D eigenvalue weighted by molar-refractivity contribution is -0.297. The van der Waals surface area contributed by atoms with Crippen molar-refractivity contribution < 1.29 is 32.5 Å². The first-order valence-corrected chi connectivity index (χ1v) is 10.1. The Kier molecular flexibility index (Phi) is 7.63. The van der Waals surface area contributed by atoms with Gasteiger partial charge in [-0.25, -0.2) is 13.1 Å². The maximum Gasteiger partial charge on any atom is 0.244 e.